The standard InChI is InChI=1S/C14H24N2O2/c1-11-8-13(12(9-15-5)10-16-11)17-6-7-18-14(2,3)4/h8,10,15H,6-7,9H2,1-5H3. The molecule has 18 heavy (non-hydrogen) atoms. The van der Waals surface area contributed by atoms with Gasteiger partial charge in [-0.1, -0.05) is 0 Å². The zero-order valence-corrected chi connectivity index (χ0v) is 12.0. The molecule has 4 heteroatoms. The summed E-state index contributed by atoms with van der Waals surface area (Å²) in [7, 11) is 1.91. The highest BCUT2D eigenvalue weighted by molar-refractivity contribution is 5.32. The van der Waals surface area contributed by atoms with E-state index < -0.39 is 0 Å². The molecule has 0 aliphatic rings. The van der Waals surface area contributed by atoms with Gasteiger partial charge in [-0.25, -0.2) is 0 Å². The average molecular weight is 252 g/mol. The third kappa shape index (κ3) is 5.47. The lowest BCUT2D eigenvalue weighted by Crippen LogP contribution is -2.22. The SMILES string of the molecule is CNCc1cnc(C)cc1OCCOC(C)(C)C. The number of aryl methyl sites for hydroxylation is 1. The maximum atomic E-state index is 5.76. The zero-order valence-electron chi connectivity index (χ0n) is 12.0. The van der Waals surface area contributed by atoms with Crippen molar-refractivity contribution in [1.29, 1.82) is 0 Å². The lowest BCUT2D eigenvalue weighted by molar-refractivity contribution is -0.0164. The van der Waals surface area contributed by atoms with Crippen LogP contribution < -0.4 is 10.1 Å². The van der Waals surface area contributed by atoms with Gasteiger partial charge < -0.3 is 14.8 Å². The van der Waals surface area contributed by atoms with E-state index in [9.17, 15) is 0 Å². The molecule has 1 aromatic heterocycles. The van der Waals surface area contributed by atoms with Crippen LogP contribution in [0.2, 0.25) is 0 Å². The van der Waals surface area contributed by atoms with E-state index in [1.165, 1.54) is 0 Å². The molecule has 1 heterocycles. The Morgan fingerprint density at radius 1 is 1.28 bits per heavy atom. The fraction of sp³-hybridized carbons (Fsp3) is 0.643. The third-order valence-electron chi connectivity index (χ3n) is 2.32. The molecule has 1 N–H and O–H groups in total. The van der Waals surface area contributed by atoms with Crippen molar-refractivity contribution in [3.05, 3.63) is 23.5 Å². The number of ether oxygens (including phenoxy) is 2. The highest BCUT2D eigenvalue weighted by Crippen LogP contribution is 2.18. The van der Waals surface area contributed by atoms with Crippen LogP contribution in [0.25, 0.3) is 0 Å². The second kappa shape index (κ2) is 6.71. The highest BCUT2D eigenvalue weighted by Gasteiger charge is 2.10. The van der Waals surface area contributed by atoms with E-state index in [0.717, 1.165) is 23.6 Å². The Labute approximate surface area is 110 Å². The Hall–Kier alpha value is -1.13. The molecule has 1 rings (SSSR count). The molecular formula is C14H24N2O2. The average Bonchev–Trinajstić information content (AvgIpc) is 2.27. The Morgan fingerprint density at radius 2 is 2.00 bits per heavy atom. The fourth-order valence-electron chi connectivity index (χ4n) is 1.52. The summed E-state index contributed by atoms with van der Waals surface area (Å²) in [6.45, 7) is 9.97. The van der Waals surface area contributed by atoms with Crippen LogP contribution in [0.4, 0.5) is 0 Å². The zero-order chi connectivity index (χ0) is 13.6. The molecule has 0 spiro atoms. The number of nitrogens with one attached hydrogen (secondary N) is 1. The summed E-state index contributed by atoms with van der Waals surface area (Å²) in [5.41, 5.74) is 1.91. The van der Waals surface area contributed by atoms with E-state index in [1.807, 2.05) is 47.0 Å². The molecule has 0 amide bonds. The van der Waals surface area contributed by atoms with Crippen LogP contribution in [0.5, 0.6) is 5.75 Å². The first kappa shape index (κ1) is 14.9. The van der Waals surface area contributed by atoms with Gasteiger partial charge in [0.25, 0.3) is 0 Å². The number of hydrogen-bond acceptors (Lipinski definition) is 4. The Kier molecular flexibility index (Phi) is 5.56. The number of nitrogens with zero attached hydrogens (tertiary/aromatic N) is 1. The summed E-state index contributed by atoms with van der Waals surface area (Å²) in [5.74, 6) is 0.884. The molecule has 0 unspecified atom stereocenters. The van der Waals surface area contributed by atoms with Crippen LogP contribution in [0.3, 0.4) is 0 Å². The first-order chi connectivity index (χ1) is 8.42. The van der Waals surface area contributed by atoms with Crippen molar-refractivity contribution in [1.82, 2.24) is 10.3 Å². The molecule has 0 saturated carbocycles. The van der Waals surface area contributed by atoms with Gasteiger partial charge in [-0.3, -0.25) is 4.98 Å². The Bertz CT molecular complexity index is 373. The lowest BCUT2D eigenvalue weighted by atomic mass is 10.2. The molecule has 0 aromatic carbocycles. The molecule has 0 fully saturated rings. The van der Waals surface area contributed by atoms with Gasteiger partial charge in [0, 0.05) is 30.1 Å². The van der Waals surface area contributed by atoms with Crippen molar-refractivity contribution in [2.75, 3.05) is 20.3 Å². The first-order valence-electron chi connectivity index (χ1n) is 6.29. The topological polar surface area (TPSA) is 43.4 Å². The van der Waals surface area contributed by atoms with Gasteiger partial charge in [0.05, 0.1) is 12.2 Å². The summed E-state index contributed by atoms with van der Waals surface area (Å²) >= 11 is 0. The van der Waals surface area contributed by atoms with Crippen molar-refractivity contribution in [2.24, 2.45) is 0 Å². The summed E-state index contributed by atoms with van der Waals surface area (Å²) in [4.78, 5) is 4.27. The van der Waals surface area contributed by atoms with E-state index in [1.54, 1.807) is 0 Å². The van der Waals surface area contributed by atoms with Gasteiger partial charge in [0.1, 0.15) is 12.4 Å². The maximum Gasteiger partial charge on any atom is 0.127 e. The molecule has 1 aromatic rings. The van der Waals surface area contributed by atoms with E-state index in [4.69, 9.17) is 9.47 Å². The number of aromatic nitrogens is 1. The van der Waals surface area contributed by atoms with Gasteiger partial charge >= 0.3 is 0 Å². The molecule has 0 aliphatic heterocycles. The van der Waals surface area contributed by atoms with Crippen LogP contribution in [-0.2, 0) is 11.3 Å². The van der Waals surface area contributed by atoms with E-state index in [0.29, 0.717) is 13.2 Å². The predicted molar refractivity (Wildman–Crippen MR) is 72.9 cm³/mol. The molecular weight excluding hydrogens is 228 g/mol. The van der Waals surface area contributed by atoms with E-state index in [2.05, 4.69) is 10.3 Å². The normalized spacial score (nSPS) is 11.6. The minimum Gasteiger partial charge on any atom is -0.491 e. The van der Waals surface area contributed by atoms with Crippen LogP contribution >= 0.6 is 0 Å². The van der Waals surface area contributed by atoms with E-state index >= 15 is 0 Å². The van der Waals surface area contributed by atoms with Gasteiger partial charge in [0.15, 0.2) is 0 Å². The molecule has 4 nitrogen and oxygen atoms in total. The van der Waals surface area contributed by atoms with Crippen LogP contribution in [0.1, 0.15) is 32.0 Å². The summed E-state index contributed by atoms with van der Waals surface area (Å²) in [6.07, 6.45) is 1.85. The third-order valence-corrected chi connectivity index (χ3v) is 2.32. The minimum atomic E-state index is -0.120. The van der Waals surface area contributed by atoms with Crippen molar-refractivity contribution < 1.29 is 9.47 Å². The smallest absolute Gasteiger partial charge is 0.127 e. The Balaban J connectivity index is 2.52. The first-order valence-corrected chi connectivity index (χ1v) is 6.29. The molecule has 0 atom stereocenters. The molecule has 0 bridgehead atoms. The second-order valence-corrected chi connectivity index (χ2v) is 5.27. The van der Waals surface area contributed by atoms with Gasteiger partial charge in [-0.05, 0) is 34.7 Å². The van der Waals surface area contributed by atoms with Crippen molar-refractivity contribution in [3.8, 4) is 5.75 Å². The monoisotopic (exact) mass is 252 g/mol. The van der Waals surface area contributed by atoms with Crippen molar-refractivity contribution in [3.63, 3.8) is 0 Å². The van der Waals surface area contributed by atoms with Crippen LogP contribution in [0, 0.1) is 6.92 Å². The Morgan fingerprint density at radius 3 is 2.61 bits per heavy atom. The van der Waals surface area contributed by atoms with Gasteiger partial charge in [-0.15, -0.1) is 0 Å². The minimum absolute atomic E-state index is 0.120. The van der Waals surface area contributed by atoms with E-state index in [-0.39, 0.29) is 5.60 Å². The maximum absolute atomic E-state index is 5.76. The van der Waals surface area contributed by atoms with Crippen LogP contribution in [-0.4, -0.2) is 30.8 Å². The summed E-state index contributed by atoms with van der Waals surface area (Å²) in [5, 5.41) is 3.11. The predicted octanol–water partition coefficient (Wildman–Crippen LogP) is 2.30. The number of hydrogen-bond donors (Lipinski definition) is 1. The molecule has 0 saturated heterocycles. The lowest BCUT2D eigenvalue weighted by Gasteiger charge is -2.20. The largest absolute Gasteiger partial charge is 0.491 e. The number of pyridine rings is 1. The second-order valence-electron chi connectivity index (χ2n) is 5.27. The summed E-state index contributed by atoms with van der Waals surface area (Å²) in [6, 6.07) is 1.96. The molecule has 102 valence electrons. The number of rotatable bonds is 6. The van der Waals surface area contributed by atoms with Crippen molar-refractivity contribution >= 4 is 0 Å². The van der Waals surface area contributed by atoms with Gasteiger partial charge in [-0.2, -0.15) is 0 Å². The molecule has 0 radical (unpaired) electrons. The fourth-order valence-corrected chi connectivity index (χ4v) is 1.52. The van der Waals surface area contributed by atoms with Crippen molar-refractivity contribution in [2.45, 2.75) is 39.8 Å². The quantitative estimate of drug-likeness (QED) is 0.789. The van der Waals surface area contributed by atoms with Crippen LogP contribution in [0.15, 0.2) is 12.3 Å². The molecule has 0 aliphatic carbocycles. The summed E-state index contributed by atoms with van der Waals surface area (Å²) < 4.78 is 11.4. The highest BCUT2D eigenvalue weighted by atomic mass is 16.5. The van der Waals surface area contributed by atoms with Gasteiger partial charge in [0.2, 0.25) is 0 Å².